The van der Waals surface area contributed by atoms with Gasteiger partial charge in [0.1, 0.15) is 5.76 Å². The highest BCUT2D eigenvalue weighted by Crippen LogP contribution is 2.31. The third kappa shape index (κ3) is 3.80. The fourth-order valence-electron chi connectivity index (χ4n) is 2.24. The highest BCUT2D eigenvalue weighted by Gasteiger charge is 2.15. The molecule has 0 radical (unpaired) electrons. The molecule has 2 atom stereocenters. The Morgan fingerprint density at radius 2 is 1.71 bits per heavy atom. The van der Waals surface area contributed by atoms with E-state index < -0.39 is 0 Å². The molecule has 0 amide bonds. The van der Waals surface area contributed by atoms with E-state index >= 15 is 0 Å². The third-order valence-corrected chi connectivity index (χ3v) is 3.85. The molecule has 0 saturated carbocycles. The van der Waals surface area contributed by atoms with Crippen LogP contribution in [0.2, 0.25) is 0 Å². The zero-order valence-electron chi connectivity index (χ0n) is 12.6. The molecular formula is C16H20BrNO3. The number of nitrogens with one attached hydrogen (secondary N) is 1. The van der Waals surface area contributed by atoms with Crippen LogP contribution in [0.15, 0.2) is 39.4 Å². The molecule has 0 aliphatic rings. The summed E-state index contributed by atoms with van der Waals surface area (Å²) < 4.78 is 16.9. The normalized spacial score (nSPS) is 13.8. The fraction of sp³-hybridized carbons (Fsp3) is 0.375. The molecule has 1 N–H and O–H groups in total. The van der Waals surface area contributed by atoms with Gasteiger partial charge in [-0.05, 0) is 59.6 Å². The van der Waals surface area contributed by atoms with Crippen LogP contribution in [-0.4, -0.2) is 14.2 Å². The first-order valence-electron chi connectivity index (χ1n) is 6.78. The molecule has 2 unspecified atom stereocenters. The van der Waals surface area contributed by atoms with Gasteiger partial charge in [0.25, 0.3) is 0 Å². The maximum Gasteiger partial charge on any atom is 0.169 e. The Morgan fingerprint density at radius 1 is 1.00 bits per heavy atom. The Kier molecular flexibility index (Phi) is 5.31. The number of methoxy groups -OCH3 is 2. The molecule has 0 bridgehead atoms. The SMILES string of the molecule is COc1ccc(C(C)NC(C)c2ccc(Br)o2)cc1OC. The smallest absolute Gasteiger partial charge is 0.169 e. The van der Waals surface area contributed by atoms with E-state index in [-0.39, 0.29) is 12.1 Å². The van der Waals surface area contributed by atoms with Gasteiger partial charge in [-0.15, -0.1) is 0 Å². The van der Waals surface area contributed by atoms with Gasteiger partial charge in [-0.3, -0.25) is 0 Å². The summed E-state index contributed by atoms with van der Waals surface area (Å²) >= 11 is 3.32. The number of benzene rings is 1. The lowest BCUT2D eigenvalue weighted by Gasteiger charge is -2.20. The van der Waals surface area contributed by atoms with Gasteiger partial charge in [0.2, 0.25) is 0 Å². The van der Waals surface area contributed by atoms with Crippen LogP contribution in [0.4, 0.5) is 0 Å². The summed E-state index contributed by atoms with van der Waals surface area (Å²) in [6.45, 7) is 4.18. The van der Waals surface area contributed by atoms with Crippen LogP contribution in [0.3, 0.4) is 0 Å². The van der Waals surface area contributed by atoms with Gasteiger partial charge in [-0.2, -0.15) is 0 Å². The number of halogens is 1. The van der Waals surface area contributed by atoms with Crippen LogP contribution in [0.5, 0.6) is 11.5 Å². The van der Waals surface area contributed by atoms with Gasteiger partial charge in [-0.1, -0.05) is 6.07 Å². The van der Waals surface area contributed by atoms with Crippen molar-refractivity contribution in [3.8, 4) is 11.5 Å². The first-order valence-corrected chi connectivity index (χ1v) is 7.57. The van der Waals surface area contributed by atoms with E-state index in [1.807, 2.05) is 30.3 Å². The summed E-state index contributed by atoms with van der Waals surface area (Å²) in [6.07, 6.45) is 0. The van der Waals surface area contributed by atoms with Crippen molar-refractivity contribution in [3.05, 3.63) is 46.3 Å². The molecule has 4 nitrogen and oxygen atoms in total. The zero-order chi connectivity index (χ0) is 15.4. The van der Waals surface area contributed by atoms with Crippen molar-refractivity contribution < 1.29 is 13.9 Å². The molecule has 0 aliphatic carbocycles. The molecule has 5 heteroatoms. The minimum Gasteiger partial charge on any atom is -0.493 e. The van der Waals surface area contributed by atoms with E-state index in [1.54, 1.807) is 14.2 Å². The Morgan fingerprint density at radius 3 is 2.29 bits per heavy atom. The van der Waals surface area contributed by atoms with Crippen LogP contribution in [0.1, 0.15) is 37.3 Å². The molecule has 1 aromatic carbocycles. The molecule has 0 fully saturated rings. The summed E-state index contributed by atoms with van der Waals surface area (Å²) in [6, 6.07) is 10.1. The van der Waals surface area contributed by atoms with Gasteiger partial charge >= 0.3 is 0 Å². The quantitative estimate of drug-likeness (QED) is 0.831. The van der Waals surface area contributed by atoms with Crippen LogP contribution in [0.25, 0.3) is 0 Å². The van der Waals surface area contributed by atoms with Crippen molar-refractivity contribution in [2.75, 3.05) is 14.2 Å². The molecular weight excluding hydrogens is 334 g/mol. The zero-order valence-corrected chi connectivity index (χ0v) is 14.2. The minimum absolute atomic E-state index is 0.111. The van der Waals surface area contributed by atoms with Gasteiger partial charge in [0.15, 0.2) is 16.2 Å². The summed E-state index contributed by atoms with van der Waals surface area (Å²) in [4.78, 5) is 0. The van der Waals surface area contributed by atoms with Gasteiger partial charge in [-0.25, -0.2) is 0 Å². The van der Waals surface area contributed by atoms with Gasteiger partial charge < -0.3 is 19.2 Å². The predicted molar refractivity (Wildman–Crippen MR) is 85.9 cm³/mol. The summed E-state index contributed by atoms with van der Waals surface area (Å²) in [5.74, 6) is 2.36. The Bertz CT molecular complexity index is 597. The molecule has 1 aromatic heterocycles. The summed E-state index contributed by atoms with van der Waals surface area (Å²) in [7, 11) is 3.28. The lowest BCUT2D eigenvalue weighted by molar-refractivity contribution is 0.353. The molecule has 0 aliphatic heterocycles. The Labute approximate surface area is 133 Å². The van der Waals surface area contributed by atoms with Crippen LogP contribution in [0, 0.1) is 0 Å². The van der Waals surface area contributed by atoms with Crippen molar-refractivity contribution in [3.63, 3.8) is 0 Å². The van der Waals surface area contributed by atoms with E-state index in [1.165, 1.54) is 0 Å². The monoisotopic (exact) mass is 353 g/mol. The third-order valence-electron chi connectivity index (χ3n) is 3.43. The van der Waals surface area contributed by atoms with Crippen molar-refractivity contribution in [2.45, 2.75) is 25.9 Å². The molecule has 1 heterocycles. The van der Waals surface area contributed by atoms with Gasteiger partial charge in [0.05, 0.1) is 20.3 Å². The lowest BCUT2D eigenvalue weighted by atomic mass is 10.1. The Balaban J connectivity index is 2.11. The highest BCUT2D eigenvalue weighted by molar-refractivity contribution is 9.10. The van der Waals surface area contributed by atoms with Crippen molar-refractivity contribution in [2.24, 2.45) is 0 Å². The first kappa shape index (κ1) is 15.9. The second-order valence-corrected chi connectivity index (χ2v) is 5.65. The number of ether oxygens (including phenoxy) is 2. The van der Waals surface area contributed by atoms with Crippen LogP contribution >= 0.6 is 15.9 Å². The van der Waals surface area contributed by atoms with E-state index in [2.05, 4.69) is 35.1 Å². The number of hydrogen-bond donors (Lipinski definition) is 1. The topological polar surface area (TPSA) is 43.6 Å². The Hall–Kier alpha value is -1.46. The maximum atomic E-state index is 5.57. The second-order valence-electron chi connectivity index (χ2n) is 4.87. The van der Waals surface area contributed by atoms with Crippen LogP contribution < -0.4 is 14.8 Å². The molecule has 0 saturated heterocycles. The number of furan rings is 1. The molecule has 2 aromatic rings. The average Bonchev–Trinajstić information content (AvgIpc) is 2.93. The summed E-state index contributed by atoms with van der Waals surface area (Å²) in [5.41, 5.74) is 1.13. The van der Waals surface area contributed by atoms with Crippen molar-refractivity contribution >= 4 is 15.9 Å². The maximum absolute atomic E-state index is 5.57. The molecule has 2 rings (SSSR count). The fourth-order valence-corrected chi connectivity index (χ4v) is 2.56. The highest BCUT2D eigenvalue weighted by atomic mass is 79.9. The second kappa shape index (κ2) is 7.00. The first-order chi connectivity index (χ1) is 10.0. The number of rotatable bonds is 6. The standard InChI is InChI=1S/C16H20BrNO3/c1-10(18-11(2)13-7-8-16(17)21-13)12-5-6-14(19-3)15(9-12)20-4/h5-11,18H,1-4H3. The van der Waals surface area contributed by atoms with Gasteiger partial charge in [0, 0.05) is 6.04 Å². The number of hydrogen-bond acceptors (Lipinski definition) is 4. The average molecular weight is 354 g/mol. The predicted octanol–water partition coefficient (Wildman–Crippen LogP) is 4.47. The molecule has 0 spiro atoms. The van der Waals surface area contributed by atoms with Crippen molar-refractivity contribution in [1.82, 2.24) is 5.32 Å². The molecule has 114 valence electrons. The summed E-state index contributed by atoms with van der Waals surface area (Å²) in [5, 5.41) is 3.50. The van der Waals surface area contributed by atoms with E-state index in [0.717, 1.165) is 27.5 Å². The minimum atomic E-state index is 0.111. The van der Waals surface area contributed by atoms with E-state index in [4.69, 9.17) is 13.9 Å². The van der Waals surface area contributed by atoms with E-state index in [9.17, 15) is 0 Å². The lowest BCUT2D eigenvalue weighted by Crippen LogP contribution is -2.22. The largest absolute Gasteiger partial charge is 0.493 e. The molecule has 21 heavy (non-hydrogen) atoms. The van der Waals surface area contributed by atoms with Crippen molar-refractivity contribution in [1.29, 1.82) is 0 Å². The van der Waals surface area contributed by atoms with Crippen LogP contribution in [-0.2, 0) is 0 Å². The van der Waals surface area contributed by atoms with E-state index in [0.29, 0.717) is 0 Å².